The SMILES string of the molecule is CC1(C)CC(C(=O)NCC(Cc2ccccc2)C2CCCCN2)=NO1.Cl. The summed E-state index contributed by atoms with van der Waals surface area (Å²) in [5, 5.41) is 10.7. The van der Waals surface area contributed by atoms with Crippen LogP contribution in [0.5, 0.6) is 0 Å². The Morgan fingerprint density at radius 1 is 1.35 bits per heavy atom. The lowest BCUT2D eigenvalue weighted by Gasteiger charge is -2.31. The largest absolute Gasteiger partial charge is 0.389 e. The highest BCUT2D eigenvalue weighted by Gasteiger charge is 2.33. The van der Waals surface area contributed by atoms with E-state index in [2.05, 4.69) is 40.1 Å². The first kappa shape index (κ1) is 20.7. The lowest BCUT2D eigenvalue weighted by molar-refractivity contribution is -0.115. The number of hydrogen-bond donors (Lipinski definition) is 2. The minimum Gasteiger partial charge on any atom is -0.389 e. The molecule has 0 saturated carbocycles. The van der Waals surface area contributed by atoms with E-state index in [1.807, 2.05) is 19.9 Å². The van der Waals surface area contributed by atoms with Gasteiger partial charge in [-0.25, -0.2) is 0 Å². The van der Waals surface area contributed by atoms with E-state index in [0.717, 1.165) is 13.0 Å². The Morgan fingerprint density at radius 3 is 2.73 bits per heavy atom. The van der Waals surface area contributed by atoms with Crippen LogP contribution in [0, 0.1) is 5.92 Å². The molecule has 1 amide bonds. The Kier molecular flexibility index (Phi) is 7.47. The van der Waals surface area contributed by atoms with Crippen LogP contribution in [0.1, 0.15) is 45.1 Å². The molecular formula is C20H30ClN3O2. The van der Waals surface area contributed by atoms with Gasteiger partial charge in [-0.1, -0.05) is 41.9 Å². The van der Waals surface area contributed by atoms with Crippen molar-refractivity contribution in [2.24, 2.45) is 11.1 Å². The zero-order valence-electron chi connectivity index (χ0n) is 15.7. The van der Waals surface area contributed by atoms with Crippen LogP contribution in [0.3, 0.4) is 0 Å². The first-order valence-electron chi connectivity index (χ1n) is 9.34. The second kappa shape index (κ2) is 9.38. The molecule has 2 atom stereocenters. The summed E-state index contributed by atoms with van der Waals surface area (Å²) in [5.41, 5.74) is 1.44. The number of rotatable bonds is 6. The topological polar surface area (TPSA) is 62.7 Å². The summed E-state index contributed by atoms with van der Waals surface area (Å²) < 4.78 is 0. The van der Waals surface area contributed by atoms with Crippen LogP contribution >= 0.6 is 12.4 Å². The first-order chi connectivity index (χ1) is 12.0. The Morgan fingerprint density at radius 2 is 2.12 bits per heavy atom. The van der Waals surface area contributed by atoms with Gasteiger partial charge in [-0.15, -0.1) is 12.4 Å². The van der Waals surface area contributed by atoms with Gasteiger partial charge in [-0.2, -0.15) is 0 Å². The highest BCUT2D eigenvalue weighted by molar-refractivity contribution is 6.39. The van der Waals surface area contributed by atoms with Crippen molar-refractivity contribution in [3.8, 4) is 0 Å². The van der Waals surface area contributed by atoms with Gasteiger partial charge in [0.2, 0.25) is 0 Å². The van der Waals surface area contributed by atoms with Gasteiger partial charge in [0.25, 0.3) is 5.91 Å². The Hall–Kier alpha value is -1.59. The predicted octanol–water partition coefficient (Wildman–Crippen LogP) is 3.08. The van der Waals surface area contributed by atoms with Crippen LogP contribution in [-0.2, 0) is 16.1 Å². The molecule has 1 aromatic carbocycles. The van der Waals surface area contributed by atoms with Crippen LogP contribution < -0.4 is 10.6 Å². The molecule has 3 rings (SSSR count). The summed E-state index contributed by atoms with van der Waals surface area (Å²) in [7, 11) is 0. The summed E-state index contributed by atoms with van der Waals surface area (Å²) in [5.74, 6) is 0.280. The van der Waals surface area contributed by atoms with Gasteiger partial charge in [0.15, 0.2) is 0 Å². The number of oxime groups is 1. The minimum atomic E-state index is -0.374. The molecule has 2 aliphatic rings. The van der Waals surface area contributed by atoms with Crippen molar-refractivity contribution < 1.29 is 9.63 Å². The molecule has 0 aliphatic carbocycles. The minimum absolute atomic E-state index is 0. The number of nitrogens with one attached hydrogen (secondary N) is 2. The van der Waals surface area contributed by atoms with Crippen molar-refractivity contribution in [2.75, 3.05) is 13.1 Å². The molecule has 1 fully saturated rings. The fourth-order valence-corrected chi connectivity index (χ4v) is 3.65. The third-order valence-electron chi connectivity index (χ3n) is 5.04. The molecule has 2 N–H and O–H groups in total. The molecule has 2 unspecified atom stereocenters. The van der Waals surface area contributed by atoms with E-state index in [1.54, 1.807) is 0 Å². The van der Waals surface area contributed by atoms with Crippen molar-refractivity contribution in [2.45, 2.75) is 57.6 Å². The molecule has 0 radical (unpaired) electrons. The third-order valence-corrected chi connectivity index (χ3v) is 5.04. The number of amides is 1. The number of carbonyl (C=O) groups excluding carboxylic acids is 1. The highest BCUT2D eigenvalue weighted by Crippen LogP contribution is 2.23. The molecule has 2 heterocycles. The van der Waals surface area contributed by atoms with Crippen molar-refractivity contribution in [1.82, 2.24) is 10.6 Å². The average molecular weight is 380 g/mol. The van der Waals surface area contributed by atoms with Gasteiger partial charge < -0.3 is 15.5 Å². The van der Waals surface area contributed by atoms with Crippen molar-refractivity contribution in [3.05, 3.63) is 35.9 Å². The quantitative estimate of drug-likeness (QED) is 0.798. The smallest absolute Gasteiger partial charge is 0.269 e. The summed E-state index contributed by atoms with van der Waals surface area (Å²) in [6, 6.07) is 11.0. The van der Waals surface area contributed by atoms with Gasteiger partial charge >= 0.3 is 0 Å². The first-order valence-corrected chi connectivity index (χ1v) is 9.34. The molecular weight excluding hydrogens is 350 g/mol. The predicted molar refractivity (Wildman–Crippen MR) is 107 cm³/mol. The van der Waals surface area contributed by atoms with E-state index >= 15 is 0 Å². The fraction of sp³-hybridized carbons (Fsp3) is 0.600. The molecule has 5 nitrogen and oxygen atoms in total. The Balaban J connectivity index is 0.00000243. The number of benzene rings is 1. The highest BCUT2D eigenvalue weighted by atomic mass is 35.5. The van der Waals surface area contributed by atoms with Crippen LogP contribution in [-0.4, -0.2) is 36.4 Å². The molecule has 1 aromatic rings. The summed E-state index contributed by atoms with van der Waals surface area (Å²) >= 11 is 0. The maximum Gasteiger partial charge on any atom is 0.269 e. The second-order valence-corrected chi connectivity index (χ2v) is 7.78. The van der Waals surface area contributed by atoms with E-state index in [4.69, 9.17) is 4.84 Å². The summed E-state index contributed by atoms with van der Waals surface area (Å²) in [6.07, 6.45) is 5.19. The summed E-state index contributed by atoms with van der Waals surface area (Å²) in [6.45, 7) is 5.62. The van der Waals surface area contributed by atoms with Gasteiger partial charge in [-0.3, -0.25) is 4.79 Å². The molecule has 1 saturated heterocycles. The molecule has 144 valence electrons. The van der Waals surface area contributed by atoms with E-state index in [-0.39, 0.29) is 23.9 Å². The zero-order valence-corrected chi connectivity index (χ0v) is 16.5. The average Bonchev–Trinajstić information content (AvgIpc) is 3.00. The second-order valence-electron chi connectivity index (χ2n) is 7.78. The molecule has 0 aromatic heterocycles. The lowest BCUT2D eigenvalue weighted by atomic mass is 9.87. The Bertz CT molecular complexity index is 613. The molecule has 0 spiro atoms. The van der Waals surface area contributed by atoms with Crippen LogP contribution in [0.25, 0.3) is 0 Å². The van der Waals surface area contributed by atoms with Crippen molar-refractivity contribution in [3.63, 3.8) is 0 Å². The van der Waals surface area contributed by atoms with E-state index < -0.39 is 0 Å². The van der Waals surface area contributed by atoms with Gasteiger partial charge in [0.1, 0.15) is 11.3 Å². The maximum absolute atomic E-state index is 12.4. The number of hydrogen-bond acceptors (Lipinski definition) is 4. The summed E-state index contributed by atoms with van der Waals surface area (Å²) in [4.78, 5) is 17.7. The molecule has 0 bridgehead atoms. The Labute approximate surface area is 162 Å². The molecule has 2 aliphatic heterocycles. The molecule has 6 heteroatoms. The fourth-order valence-electron chi connectivity index (χ4n) is 3.65. The van der Waals surface area contributed by atoms with Gasteiger partial charge in [0, 0.05) is 19.0 Å². The number of halogens is 1. The van der Waals surface area contributed by atoms with E-state index in [1.165, 1.54) is 24.8 Å². The van der Waals surface area contributed by atoms with E-state index in [0.29, 0.717) is 30.6 Å². The number of nitrogens with zero attached hydrogens (tertiary/aromatic N) is 1. The molecule has 26 heavy (non-hydrogen) atoms. The number of piperidine rings is 1. The third kappa shape index (κ3) is 5.71. The standard InChI is InChI=1S/C20H29N3O2.ClH/c1-20(2)13-18(23-25-20)19(24)22-14-16(17-10-6-7-11-21-17)12-15-8-4-3-5-9-15;/h3-5,8-9,16-17,21H,6-7,10-14H2,1-2H3,(H,22,24);1H. The normalized spacial score (nSPS) is 22.5. The number of carbonyl (C=O) groups is 1. The van der Waals surface area contributed by atoms with E-state index in [9.17, 15) is 4.79 Å². The van der Waals surface area contributed by atoms with Crippen LogP contribution in [0.15, 0.2) is 35.5 Å². The van der Waals surface area contributed by atoms with Crippen LogP contribution in [0.4, 0.5) is 0 Å². The van der Waals surface area contributed by atoms with Gasteiger partial charge in [-0.05, 0) is 51.1 Å². The zero-order chi connectivity index (χ0) is 17.7. The van der Waals surface area contributed by atoms with Gasteiger partial charge in [0.05, 0.1) is 0 Å². The van der Waals surface area contributed by atoms with Crippen LogP contribution in [0.2, 0.25) is 0 Å². The lowest BCUT2D eigenvalue weighted by Crippen LogP contribution is -2.46. The maximum atomic E-state index is 12.4. The van der Waals surface area contributed by atoms with Crippen molar-refractivity contribution >= 4 is 24.0 Å². The van der Waals surface area contributed by atoms with Crippen molar-refractivity contribution in [1.29, 1.82) is 0 Å². The monoisotopic (exact) mass is 379 g/mol.